The molecule has 11 heteroatoms. The minimum atomic E-state index is -0.430. The zero-order chi connectivity index (χ0) is 22.9. The molecule has 2 unspecified atom stereocenters. The molecule has 0 spiro atoms. The first-order chi connectivity index (χ1) is 16.0. The maximum Gasteiger partial charge on any atom is 0.409 e. The van der Waals surface area contributed by atoms with E-state index in [9.17, 15) is 9.59 Å². The molecular formula is C22H22ClN5O4S. The van der Waals surface area contributed by atoms with E-state index in [1.165, 1.54) is 16.4 Å². The van der Waals surface area contributed by atoms with Crippen LogP contribution < -0.4 is 0 Å². The molecule has 172 valence electrons. The molecule has 0 aliphatic carbocycles. The molecule has 33 heavy (non-hydrogen) atoms. The van der Waals surface area contributed by atoms with Crippen molar-refractivity contribution in [3.8, 4) is 11.6 Å². The lowest BCUT2D eigenvalue weighted by molar-refractivity contribution is 0.0600. The number of furan rings is 1. The fraction of sp³-hybridized carbons (Fsp3) is 0.364. The summed E-state index contributed by atoms with van der Waals surface area (Å²) >= 11 is 7.52. The van der Waals surface area contributed by atoms with Crippen LogP contribution in [0.3, 0.4) is 0 Å². The van der Waals surface area contributed by atoms with Gasteiger partial charge in [0.2, 0.25) is 5.82 Å². The summed E-state index contributed by atoms with van der Waals surface area (Å²) in [6.07, 6.45) is 1.24. The van der Waals surface area contributed by atoms with Crippen molar-refractivity contribution in [1.29, 1.82) is 0 Å². The summed E-state index contributed by atoms with van der Waals surface area (Å²) in [5.41, 5.74) is 0.979. The highest BCUT2D eigenvalue weighted by atomic mass is 35.5. The van der Waals surface area contributed by atoms with E-state index in [-0.39, 0.29) is 18.0 Å². The maximum absolute atomic E-state index is 13.4. The average Bonchev–Trinajstić information content (AvgIpc) is 3.55. The summed E-state index contributed by atoms with van der Waals surface area (Å²) in [5.74, 6) is 0.777. The molecule has 9 nitrogen and oxygen atoms in total. The molecule has 0 bridgehead atoms. The Kier molecular flexibility index (Phi) is 6.13. The van der Waals surface area contributed by atoms with Gasteiger partial charge in [-0.15, -0.1) is 5.10 Å². The van der Waals surface area contributed by atoms with E-state index in [1.807, 2.05) is 24.3 Å². The Bertz CT molecular complexity index is 1140. The lowest BCUT2D eigenvalue weighted by atomic mass is 10.00. The third kappa shape index (κ3) is 4.25. The fourth-order valence-corrected chi connectivity index (χ4v) is 5.53. The van der Waals surface area contributed by atoms with Gasteiger partial charge in [-0.1, -0.05) is 35.5 Å². The van der Waals surface area contributed by atoms with Crippen molar-refractivity contribution in [3.05, 3.63) is 53.2 Å². The molecule has 2 aromatic heterocycles. The number of thioether (sulfide) groups is 1. The third-order valence-electron chi connectivity index (χ3n) is 5.74. The van der Waals surface area contributed by atoms with Crippen molar-refractivity contribution >= 4 is 35.4 Å². The number of fused-ring (bicyclic) bond motifs is 1. The van der Waals surface area contributed by atoms with Gasteiger partial charge in [0.1, 0.15) is 5.25 Å². The van der Waals surface area contributed by atoms with Crippen molar-refractivity contribution in [2.45, 2.75) is 23.4 Å². The third-order valence-corrected chi connectivity index (χ3v) is 7.18. The smallest absolute Gasteiger partial charge is 0.409 e. The van der Waals surface area contributed by atoms with Gasteiger partial charge in [0.25, 0.3) is 5.91 Å². The first kappa shape index (κ1) is 22.0. The van der Waals surface area contributed by atoms with Gasteiger partial charge in [-0.3, -0.25) is 9.69 Å². The number of benzene rings is 1. The van der Waals surface area contributed by atoms with Crippen LogP contribution in [0.1, 0.15) is 23.3 Å². The van der Waals surface area contributed by atoms with E-state index in [1.54, 1.807) is 30.2 Å². The normalized spacial score (nSPS) is 19.5. The number of piperazine rings is 1. The second kappa shape index (κ2) is 9.20. The molecule has 2 aliphatic rings. The molecule has 1 amide bonds. The Morgan fingerprint density at radius 3 is 2.64 bits per heavy atom. The molecule has 4 heterocycles. The SMILES string of the molecule is CCOC(=O)N1CCN(C(c2ccc(Cl)cc2)C2Sc3nc(-c4ccco4)nn3C2=O)CC1. The van der Waals surface area contributed by atoms with Crippen molar-refractivity contribution in [2.75, 3.05) is 32.8 Å². The first-order valence-corrected chi connectivity index (χ1v) is 11.9. The molecule has 0 N–H and O–H groups in total. The van der Waals surface area contributed by atoms with Crippen LogP contribution in [0.5, 0.6) is 0 Å². The number of carbonyl (C=O) groups excluding carboxylic acids is 2. The number of hydrogen-bond acceptors (Lipinski definition) is 8. The molecule has 1 saturated heterocycles. The van der Waals surface area contributed by atoms with Crippen molar-refractivity contribution in [2.24, 2.45) is 0 Å². The van der Waals surface area contributed by atoms with E-state index < -0.39 is 5.25 Å². The number of aromatic nitrogens is 3. The summed E-state index contributed by atoms with van der Waals surface area (Å²) in [6.45, 7) is 4.42. The molecule has 1 aromatic carbocycles. The minimum Gasteiger partial charge on any atom is -0.461 e. The zero-order valence-corrected chi connectivity index (χ0v) is 19.5. The highest BCUT2D eigenvalue weighted by Gasteiger charge is 2.44. The van der Waals surface area contributed by atoms with Crippen LogP contribution in [0.2, 0.25) is 5.02 Å². The van der Waals surface area contributed by atoms with Gasteiger partial charge in [0.05, 0.1) is 18.9 Å². The van der Waals surface area contributed by atoms with Crippen molar-refractivity contribution in [1.82, 2.24) is 24.6 Å². The molecule has 0 radical (unpaired) electrons. The van der Waals surface area contributed by atoms with Crippen LogP contribution in [-0.4, -0.2) is 74.6 Å². The fourth-order valence-electron chi connectivity index (χ4n) is 4.15. The number of carbonyl (C=O) groups is 2. The molecule has 2 aliphatic heterocycles. The average molecular weight is 488 g/mol. The maximum atomic E-state index is 13.4. The van der Waals surface area contributed by atoms with Gasteiger partial charge >= 0.3 is 6.09 Å². The summed E-state index contributed by atoms with van der Waals surface area (Å²) in [7, 11) is 0. The summed E-state index contributed by atoms with van der Waals surface area (Å²) in [5, 5.41) is 5.13. The number of nitrogens with zero attached hydrogens (tertiary/aromatic N) is 5. The van der Waals surface area contributed by atoms with Gasteiger partial charge in [-0.05, 0) is 36.8 Å². The van der Waals surface area contributed by atoms with E-state index in [2.05, 4.69) is 15.0 Å². The lowest BCUT2D eigenvalue weighted by Gasteiger charge is -2.40. The number of halogens is 1. The van der Waals surface area contributed by atoms with E-state index >= 15 is 0 Å². The molecule has 5 rings (SSSR count). The molecule has 0 saturated carbocycles. The quantitative estimate of drug-likeness (QED) is 0.536. The minimum absolute atomic E-state index is 0.131. The Hall–Kier alpha value is -2.82. The second-order valence-electron chi connectivity index (χ2n) is 7.70. The van der Waals surface area contributed by atoms with Gasteiger partial charge in [0, 0.05) is 31.2 Å². The number of hydrogen-bond donors (Lipinski definition) is 0. The predicted octanol–water partition coefficient (Wildman–Crippen LogP) is 3.82. The molecule has 2 atom stereocenters. The largest absolute Gasteiger partial charge is 0.461 e. The van der Waals surface area contributed by atoms with E-state index in [4.69, 9.17) is 20.8 Å². The first-order valence-electron chi connectivity index (χ1n) is 10.7. The van der Waals surface area contributed by atoms with Crippen molar-refractivity contribution < 1.29 is 18.7 Å². The van der Waals surface area contributed by atoms with Gasteiger partial charge in [-0.2, -0.15) is 9.67 Å². The molecule has 3 aromatic rings. The highest BCUT2D eigenvalue weighted by molar-refractivity contribution is 8.00. The van der Waals surface area contributed by atoms with Crippen LogP contribution in [0, 0.1) is 0 Å². The van der Waals surface area contributed by atoms with Crippen LogP contribution in [0.4, 0.5) is 4.79 Å². The number of ether oxygens (including phenoxy) is 1. The standard InChI is InChI=1S/C22H22ClN5O4S/c1-2-31-22(30)27-11-9-26(10-12-27)17(14-5-7-15(23)8-6-14)18-20(29)28-21(33-18)24-19(25-28)16-4-3-13-32-16/h3-8,13,17-18H,2,9-12H2,1H3. The molecule has 1 fully saturated rings. The summed E-state index contributed by atoms with van der Waals surface area (Å²) in [4.78, 5) is 34.0. The van der Waals surface area contributed by atoms with Gasteiger partial charge in [-0.25, -0.2) is 4.79 Å². The van der Waals surface area contributed by atoms with Crippen LogP contribution in [0.15, 0.2) is 52.2 Å². The Balaban J connectivity index is 1.39. The zero-order valence-electron chi connectivity index (χ0n) is 17.9. The van der Waals surface area contributed by atoms with Gasteiger partial charge < -0.3 is 14.1 Å². The lowest BCUT2D eigenvalue weighted by Crippen LogP contribution is -2.52. The predicted molar refractivity (Wildman–Crippen MR) is 122 cm³/mol. The summed E-state index contributed by atoms with van der Waals surface area (Å²) < 4.78 is 11.9. The topological polar surface area (TPSA) is 93.7 Å². The Morgan fingerprint density at radius 1 is 1.24 bits per heavy atom. The van der Waals surface area contributed by atoms with Crippen LogP contribution in [0.25, 0.3) is 11.6 Å². The summed E-state index contributed by atoms with van der Waals surface area (Å²) in [6, 6.07) is 10.8. The molecular weight excluding hydrogens is 466 g/mol. The van der Waals surface area contributed by atoms with Crippen molar-refractivity contribution in [3.63, 3.8) is 0 Å². The van der Waals surface area contributed by atoms with E-state index in [0.717, 1.165) is 5.56 Å². The Labute approximate surface area is 199 Å². The second-order valence-corrected chi connectivity index (χ2v) is 9.25. The Morgan fingerprint density at radius 2 is 2.00 bits per heavy atom. The monoisotopic (exact) mass is 487 g/mol. The van der Waals surface area contributed by atoms with E-state index in [0.29, 0.717) is 54.5 Å². The van der Waals surface area contributed by atoms with Crippen LogP contribution in [-0.2, 0) is 4.74 Å². The van der Waals surface area contributed by atoms with Gasteiger partial charge in [0.15, 0.2) is 10.9 Å². The number of amides is 1. The van der Waals surface area contributed by atoms with Crippen LogP contribution >= 0.6 is 23.4 Å². The number of rotatable bonds is 5. The highest BCUT2D eigenvalue weighted by Crippen LogP contribution is 2.42.